The average molecular weight is 376 g/mol. The lowest BCUT2D eigenvalue weighted by Gasteiger charge is -2.08. The molecule has 0 atom stereocenters. The fraction of sp³-hybridized carbons (Fsp3) is 0.391. The second-order valence-corrected chi connectivity index (χ2v) is 6.71. The third-order valence-electron chi connectivity index (χ3n) is 4.38. The second-order valence-electron chi connectivity index (χ2n) is 6.71. The smallest absolute Gasteiger partial charge is 0.406 e. The van der Waals surface area contributed by atoms with Crippen LogP contribution in [-0.2, 0) is 6.42 Å². The number of unbranched alkanes of at least 4 members (excludes halogenated alkanes) is 5. The van der Waals surface area contributed by atoms with E-state index in [0.717, 1.165) is 17.5 Å². The summed E-state index contributed by atoms with van der Waals surface area (Å²) in [7, 11) is 0. The highest BCUT2D eigenvalue weighted by Crippen LogP contribution is 2.23. The third kappa shape index (κ3) is 8.80. The number of benzene rings is 2. The molecule has 0 aliphatic carbocycles. The van der Waals surface area contributed by atoms with Gasteiger partial charge in [0.2, 0.25) is 0 Å². The van der Waals surface area contributed by atoms with E-state index in [-0.39, 0.29) is 5.75 Å². The summed E-state index contributed by atoms with van der Waals surface area (Å²) in [4.78, 5) is 0. The van der Waals surface area contributed by atoms with Gasteiger partial charge in [0.25, 0.3) is 0 Å². The van der Waals surface area contributed by atoms with Crippen LogP contribution in [0.25, 0.3) is 12.2 Å². The van der Waals surface area contributed by atoms with Crippen LogP contribution >= 0.6 is 0 Å². The average Bonchev–Trinajstić information content (AvgIpc) is 2.64. The number of halogens is 3. The van der Waals surface area contributed by atoms with E-state index in [4.69, 9.17) is 0 Å². The number of hydrogen-bond donors (Lipinski definition) is 0. The van der Waals surface area contributed by atoms with Crippen molar-refractivity contribution in [3.05, 3.63) is 65.2 Å². The van der Waals surface area contributed by atoms with Gasteiger partial charge in [-0.05, 0) is 41.7 Å². The van der Waals surface area contributed by atoms with Crippen LogP contribution in [0.2, 0.25) is 0 Å². The van der Waals surface area contributed by atoms with Gasteiger partial charge in [-0.2, -0.15) is 0 Å². The number of hydrogen-bond acceptors (Lipinski definition) is 1. The van der Waals surface area contributed by atoms with Gasteiger partial charge in [0.05, 0.1) is 0 Å². The minimum absolute atomic E-state index is 0.210. The van der Waals surface area contributed by atoms with Crippen LogP contribution in [0.4, 0.5) is 13.2 Å². The van der Waals surface area contributed by atoms with Gasteiger partial charge in [0.1, 0.15) is 5.75 Å². The summed E-state index contributed by atoms with van der Waals surface area (Å²) in [6, 6.07) is 14.3. The number of aryl methyl sites for hydroxylation is 1. The molecule has 0 saturated carbocycles. The number of rotatable bonds is 10. The zero-order valence-electron chi connectivity index (χ0n) is 15.8. The molecule has 2 aromatic rings. The van der Waals surface area contributed by atoms with Crippen LogP contribution < -0.4 is 4.74 Å². The van der Waals surface area contributed by atoms with Crippen LogP contribution in [0.5, 0.6) is 5.75 Å². The van der Waals surface area contributed by atoms with E-state index in [0.29, 0.717) is 0 Å². The first-order valence-electron chi connectivity index (χ1n) is 9.59. The van der Waals surface area contributed by atoms with Crippen molar-refractivity contribution in [3.63, 3.8) is 0 Å². The van der Waals surface area contributed by atoms with E-state index >= 15 is 0 Å². The van der Waals surface area contributed by atoms with Gasteiger partial charge in [0, 0.05) is 0 Å². The first kappa shape index (κ1) is 21.1. The maximum Gasteiger partial charge on any atom is 0.573 e. The normalized spacial score (nSPS) is 11.9. The maximum atomic E-state index is 12.2. The van der Waals surface area contributed by atoms with Crippen molar-refractivity contribution in [1.82, 2.24) is 0 Å². The molecule has 0 heterocycles. The monoisotopic (exact) mass is 376 g/mol. The SMILES string of the molecule is CCCCCCCCc1ccc(/C=C/c2ccc(OC(F)(F)F)cc2)cc1. The fourth-order valence-corrected chi connectivity index (χ4v) is 2.88. The molecule has 0 fully saturated rings. The molecular formula is C23H27F3O. The molecular weight excluding hydrogens is 349 g/mol. The Kier molecular flexibility index (Phi) is 8.43. The first-order valence-corrected chi connectivity index (χ1v) is 9.59. The molecule has 2 aromatic carbocycles. The summed E-state index contributed by atoms with van der Waals surface area (Å²) in [6.07, 6.45) is 8.06. The minimum Gasteiger partial charge on any atom is -0.406 e. The topological polar surface area (TPSA) is 9.23 Å². The van der Waals surface area contributed by atoms with Gasteiger partial charge in [-0.1, -0.05) is 87.6 Å². The molecule has 0 bridgehead atoms. The molecule has 0 N–H and O–H groups in total. The maximum absolute atomic E-state index is 12.2. The zero-order valence-corrected chi connectivity index (χ0v) is 15.8. The van der Waals surface area contributed by atoms with Gasteiger partial charge in [-0.15, -0.1) is 13.2 Å². The quantitative estimate of drug-likeness (QED) is 0.305. The molecule has 146 valence electrons. The molecule has 0 radical (unpaired) electrons. The van der Waals surface area contributed by atoms with Crippen molar-refractivity contribution in [2.24, 2.45) is 0 Å². The Bertz CT molecular complexity index is 685. The van der Waals surface area contributed by atoms with Crippen LogP contribution in [0, 0.1) is 0 Å². The lowest BCUT2D eigenvalue weighted by Crippen LogP contribution is -2.16. The number of alkyl halides is 3. The minimum atomic E-state index is -4.66. The van der Waals surface area contributed by atoms with Gasteiger partial charge in [-0.25, -0.2) is 0 Å². The van der Waals surface area contributed by atoms with Crippen molar-refractivity contribution in [2.75, 3.05) is 0 Å². The van der Waals surface area contributed by atoms with Gasteiger partial charge in [0.15, 0.2) is 0 Å². The summed E-state index contributed by atoms with van der Waals surface area (Å²) in [5.41, 5.74) is 3.23. The molecule has 0 unspecified atom stereocenters. The first-order chi connectivity index (χ1) is 13.0. The van der Waals surface area contributed by atoms with E-state index in [1.54, 1.807) is 12.1 Å². The van der Waals surface area contributed by atoms with E-state index in [1.165, 1.54) is 56.2 Å². The second kappa shape index (κ2) is 10.8. The van der Waals surface area contributed by atoms with Gasteiger partial charge >= 0.3 is 6.36 Å². The highest BCUT2D eigenvalue weighted by Gasteiger charge is 2.30. The summed E-state index contributed by atoms with van der Waals surface area (Å²) >= 11 is 0. The van der Waals surface area contributed by atoms with Crippen molar-refractivity contribution in [1.29, 1.82) is 0 Å². The Morgan fingerprint density at radius 3 is 1.81 bits per heavy atom. The summed E-state index contributed by atoms with van der Waals surface area (Å²) < 4.78 is 40.3. The highest BCUT2D eigenvalue weighted by atomic mass is 19.4. The van der Waals surface area contributed by atoms with Gasteiger partial charge in [-0.3, -0.25) is 0 Å². The third-order valence-corrected chi connectivity index (χ3v) is 4.38. The molecule has 4 heteroatoms. The zero-order chi connectivity index (χ0) is 19.5. The molecule has 0 aromatic heterocycles. The summed E-state index contributed by atoms with van der Waals surface area (Å²) in [5, 5.41) is 0. The Labute approximate surface area is 159 Å². The lowest BCUT2D eigenvalue weighted by molar-refractivity contribution is -0.274. The standard InChI is InChI=1S/C23H27F3O/c1-2-3-4-5-6-7-8-19-9-11-20(12-10-19)13-14-21-15-17-22(18-16-21)27-23(24,25)26/h9-18H,2-8H2,1H3/b14-13+. The molecule has 0 saturated heterocycles. The number of ether oxygens (including phenoxy) is 1. The fourth-order valence-electron chi connectivity index (χ4n) is 2.88. The predicted molar refractivity (Wildman–Crippen MR) is 106 cm³/mol. The highest BCUT2D eigenvalue weighted by molar-refractivity contribution is 5.69. The predicted octanol–water partition coefficient (Wildman–Crippen LogP) is 7.66. The van der Waals surface area contributed by atoms with E-state index in [1.807, 2.05) is 12.2 Å². The molecule has 2 rings (SSSR count). The van der Waals surface area contributed by atoms with Crippen molar-refractivity contribution < 1.29 is 17.9 Å². The molecule has 0 spiro atoms. The molecule has 0 aliphatic heterocycles. The summed E-state index contributed by atoms with van der Waals surface area (Å²) in [6.45, 7) is 2.23. The van der Waals surface area contributed by atoms with Crippen LogP contribution in [0.3, 0.4) is 0 Å². The molecule has 0 aliphatic rings. The summed E-state index contributed by atoms with van der Waals surface area (Å²) in [5.74, 6) is -0.210. The molecule has 1 nitrogen and oxygen atoms in total. The lowest BCUT2D eigenvalue weighted by atomic mass is 10.0. The van der Waals surface area contributed by atoms with Gasteiger partial charge < -0.3 is 4.74 Å². The van der Waals surface area contributed by atoms with Crippen molar-refractivity contribution >= 4 is 12.2 Å². The van der Waals surface area contributed by atoms with Crippen LogP contribution in [0.15, 0.2) is 48.5 Å². The van der Waals surface area contributed by atoms with Crippen molar-refractivity contribution in [3.8, 4) is 5.75 Å². The Hall–Kier alpha value is -2.23. The van der Waals surface area contributed by atoms with Crippen LogP contribution in [-0.4, -0.2) is 6.36 Å². The van der Waals surface area contributed by atoms with E-state index in [2.05, 4.69) is 35.9 Å². The molecule has 0 amide bonds. The Morgan fingerprint density at radius 2 is 1.26 bits per heavy atom. The van der Waals surface area contributed by atoms with E-state index < -0.39 is 6.36 Å². The van der Waals surface area contributed by atoms with Crippen LogP contribution in [0.1, 0.15) is 62.1 Å². The molecule has 27 heavy (non-hydrogen) atoms. The van der Waals surface area contributed by atoms with E-state index in [9.17, 15) is 13.2 Å². The Balaban J connectivity index is 1.80. The van der Waals surface area contributed by atoms with Crippen molar-refractivity contribution in [2.45, 2.75) is 58.2 Å². The largest absolute Gasteiger partial charge is 0.573 e. The Morgan fingerprint density at radius 1 is 0.741 bits per heavy atom.